The Morgan fingerprint density at radius 2 is 1.79 bits per heavy atom. The molecule has 0 unspecified atom stereocenters. The number of anilines is 2. The quantitative estimate of drug-likeness (QED) is 0.649. The Balaban J connectivity index is 1.80. The van der Waals surface area contributed by atoms with Crippen molar-refractivity contribution in [1.82, 2.24) is 0 Å². The zero-order chi connectivity index (χ0) is 19.7. The number of para-hydroxylation sites is 1. The van der Waals surface area contributed by atoms with Gasteiger partial charge >= 0.3 is 6.03 Å². The molecule has 2 aliphatic rings. The zero-order valence-corrected chi connectivity index (χ0v) is 17.5. The molecule has 5 nitrogen and oxygen atoms in total. The molecule has 2 aromatic carbocycles. The highest BCUT2D eigenvalue weighted by Crippen LogP contribution is 2.39. The SMILES string of the molecule is CSc1cccc(N2C(=O)N(CC3CCCCC3)c3ccccc3S2(=O)=O)c1. The molecular formula is C21H24N2O3S2. The van der Waals surface area contributed by atoms with E-state index >= 15 is 0 Å². The predicted molar refractivity (Wildman–Crippen MR) is 114 cm³/mol. The molecule has 1 heterocycles. The van der Waals surface area contributed by atoms with Crippen molar-refractivity contribution in [2.75, 3.05) is 22.0 Å². The molecule has 4 rings (SSSR count). The van der Waals surface area contributed by atoms with Gasteiger partial charge in [0, 0.05) is 11.4 Å². The van der Waals surface area contributed by atoms with Gasteiger partial charge in [0.05, 0.1) is 11.4 Å². The lowest BCUT2D eigenvalue weighted by Crippen LogP contribution is -2.52. The molecule has 28 heavy (non-hydrogen) atoms. The number of amides is 2. The summed E-state index contributed by atoms with van der Waals surface area (Å²) in [5, 5.41) is 0. The molecule has 1 aliphatic heterocycles. The number of thioether (sulfide) groups is 1. The fraction of sp³-hybridized carbons (Fsp3) is 0.381. The number of rotatable bonds is 4. The molecule has 2 aromatic rings. The summed E-state index contributed by atoms with van der Waals surface area (Å²) >= 11 is 1.52. The van der Waals surface area contributed by atoms with E-state index in [9.17, 15) is 13.2 Å². The van der Waals surface area contributed by atoms with Gasteiger partial charge in [0.15, 0.2) is 0 Å². The number of carbonyl (C=O) groups excluding carboxylic acids is 1. The van der Waals surface area contributed by atoms with Gasteiger partial charge in [-0.05, 0) is 55.3 Å². The van der Waals surface area contributed by atoms with Crippen LogP contribution in [-0.4, -0.2) is 27.2 Å². The average Bonchev–Trinajstić information content (AvgIpc) is 2.72. The van der Waals surface area contributed by atoms with E-state index in [1.807, 2.05) is 12.3 Å². The molecule has 7 heteroatoms. The fourth-order valence-corrected chi connectivity index (χ4v) is 6.14. The molecule has 2 amide bonds. The topological polar surface area (TPSA) is 57.7 Å². The second-order valence-electron chi connectivity index (χ2n) is 7.34. The molecule has 0 bridgehead atoms. The van der Waals surface area contributed by atoms with Crippen LogP contribution in [0.1, 0.15) is 32.1 Å². The molecule has 148 valence electrons. The molecule has 0 spiro atoms. The van der Waals surface area contributed by atoms with Gasteiger partial charge in [-0.3, -0.25) is 4.90 Å². The van der Waals surface area contributed by atoms with Crippen LogP contribution < -0.4 is 9.21 Å². The van der Waals surface area contributed by atoms with Crippen LogP contribution in [0.3, 0.4) is 0 Å². The number of urea groups is 1. The molecule has 1 fully saturated rings. The Bertz CT molecular complexity index is 985. The Morgan fingerprint density at radius 3 is 2.54 bits per heavy atom. The first kappa shape index (κ1) is 19.3. The van der Waals surface area contributed by atoms with E-state index in [4.69, 9.17) is 0 Å². The van der Waals surface area contributed by atoms with Gasteiger partial charge in [-0.25, -0.2) is 13.2 Å². The highest BCUT2D eigenvalue weighted by Gasteiger charge is 2.43. The summed E-state index contributed by atoms with van der Waals surface area (Å²) in [6.45, 7) is 0.560. The molecular weight excluding hydrogens is 392 g/mol. The minimum absolute atomic E-state index is 0.194. The van der Waals surface area contributed by atoms with Crippen LogP contribution in [0.5, 0.6) is 0 Å². The maximum absolute atomic E-state index is 13.4. The molecule has 0 aromatic heterocycles. The monoisotopic (exact) mass is 416 g/mol. The summed E-state index contributed by atoms with van der Waals surface area (Å²) in [5.74, 6) is 0.408. The minimum atomic E-state index is -3.95. The van der Waals surface area contributed by atoms with Crippen LogP contribution >= 0.6 is 11.8 Å². The van der Waals surface area contributed by atoms with Crippen molar-refractivity contribution in [3.63, 3.8) is 0 Å². The van der Waals surface area contributed by atoms with Crippen LogP contribution in [0.25, 0.3) is 0 Å². The minimum Gasteiger partial charge on any atom is -0.292 e. The van der Waals surface area contributed by atoms with Gasteiger partial charge < -0.3 is 0 Å². The lowest BCUT2D eigenvalue weighted by molar-refractivity contribution is 0.250. The summed E-state index contributed by atoms with van der Waals surface area (Å²) in [6.07, 6.45) is 7.68. The number of hydrogen-bond donors (Lipinski definition) is 0. The van der Waals surface area contributed by atoms with E-state index < -0.39 is 16.1 Å². The molecule has 1 saturated carbocycles. The summed E-state index contributed by atoms with van der Waals surface area (Å²) in [7, 11) is -3.95. The summed E-state index contributed by atoms with van der Waals surface area (Å²) in [4.78, 5) is 16.2. The Kier molecular flexibility index (Phi) is 5.38. The molecule has 0 radical (unpaired) electrons. The normalized spacial score (nSPS) is 19.5. The van der Waals surface area contributed by atoms with Crippen LogP contribution in [0.15, 0.2) is 58.3 Å². The van der Waals surface area contributed by atoms with Crippen molar-refractivity contribution in [2.24, 2.45) is 5.92 Å². The van der Waals surface area contributed by atoms with E-state index in [2.05, 4.69) is 0 Å². The first-order valence-corrected chi connectivity index (χ1v) is 12.3. The van der Waals surface area contributed by atoms with Crippen LogP contribution in [0.4, 0.5) is 16.2 Å². The van der Waals surface area contributed by atoms with E-state index in [0.29, 0.717) is 23.8 Å². The molecule has 0 atom stereocenters. The Morgan fingerprint density at radius 1 is 1.04 bits per heavy atom. The smallest absolute Gasteiger partial charge is 0.292 e. The Hall–Kier alpha value is -1.99. The Labute approximate surface area is 170 Å². The van der Waals surface area contributed by atoms with E-state index in [-0.39, 0.29) is 4.90 Å². The third-order valence-corrected chi connectivity index (χ3v) is 8.01. The standard InChI is InChI=1S/C21H24N2O3S2/c1-27-18-11-7-10-17(14-18)23-21(24)22(15-16-8-3-2-4-9-16)19-12-5-6-13-20(19)28(23,25)26/h5-7,10-14,16H,2-4,8-9,15H2,1H3. The fourth-order valence-electron chi connectivity index (χ4n) is 4.10. The number of hydrogen-bond acceptors (Lipinski definition) is 4. The zero-order valence-electron chi connectivity index (χ0n) is 15.9. The number of nitrogens with zero attached hydrogens (tertiary/aromatic N) is 2. The lowest BCUT2D eigenvalue weighted by atomic mass is 9.89. The van der Waals surface area contributed by atoms with Crippen molar-refractivity contribution in [1.29, 1.82) is 0 Å². The molecule has 0 N–H and O–H groups in total. The average molecular weight is 417 g/mol. The summed E-state index contributed by atoms with van der Waals surface area (Å²) in [6, 6.07) is 13.5. The van der Waals surface area contributed by atoms with Gasteiger partial charge in [-0.15, -0.1) is 11.8 Å². The van der Waals surface area contributed by atoms with E-state index in [0.717, 1.165) is 22.0 Å². The van der Waals surface area contributed by atoms with E-state index in [1.54, 1.807) is 47.4 Å². The predicted octanol–water partition coefficient (Wildman–Crippen LogP) is 5.12. The largest absolute Gasteiger partial charge is 0.343 e. The highest BCUT2D eigenvalue weighted by atomic mass is 32.2. The van der Waals surface area contributed by atoms with Gasteiger partial charge in [0.2, 0.25) is 0 Å². The third kappa shape index (κ3) is 3.42. The summed E-state index contributed by atoms with van der Waals surface area (Å²) in [5.41, 5.74) is 0.885. The first-order chi connectivity index (χ1) is 13.5. The van der Waals surface area contributed by atoms with Crippen molar-refractivity contribution in [2.45, 2.75) is 41.9 Å². The first-order valence-electron chi connectivity index (χ1n) is 9.62. The second-order valence-corrected chi connectivity index (χ2v) is 9.97. The maximum atomic E-state index is 13.4. The second kappa shape index (κ2) is 7.79. The van der Waals surface area contributed by atoms with Gasteiger partial charge in [-0.2, -0.15) is 4.31 Å². The molecule has 0 saturated heterocycles. The van der Waals surface area contributed by atoms with Gasteiger partial charge in [0.25, 0.3) is 10.0 Å². The number of benzene rings is 2. The highest BCUT2D eigenvalue weighted by molar-refractivity contribution is 7.98. The van der Waals surface area contributed by atoms with E-state index in [1.165, 1.54) is 31.0 Å². The lowest BCUT2D eigenvalue weighted by Gasteiger charge is -2.38. The van der Waals surface area contributed by atoms with Crippen molar-refractivity contribution in [3.8, 4) is 0 Å². The van der Waals surface area contributed by atoms with Crippen molar-refractivity contribution >= 4 is 39.2 Å². The van der Waals surface area contributed by atoms with Crippen LogP contribution in [-0.2, 0) is 10.0 Å². The van der Waals surface area contributed by atoms with Crippen LogP contribution in [0.2, 0.25) is 0 Å². The maximum Gasteiger partial charge on any atom is 0.343 e. The van der Waals surface area contributed by atoms with Crippen LogP contribution in [0, 0.1) is 5.92 Å². The third-order valence-electron chi connectivity index (χ3n) is 5.53. The van der Waals surface area contributed by atoms with Gasteiger partial charge in [0.1, 0.15) is 4.90 Å². The molecule has 1 aliphatic carbocycles. The number of carbonyl (C=O) groups is 1. The van der Waals surface area contributed by atoms with Gasteiger partial charge in [-0.1, -0.05) is 37.5 Å². The number of sulfonamides is 1. The van der Waals surface area contributed by atoms with Crippen molar-refractivity contribution in [3.05, 3.63) is 48.5 Å². The number of fused-ring (bicyclic) bond motifs is 1. The van der Waals surface area contributed by atoms with Crippen molar-refractivity contribution < 1.29 is 13.2 Å². The summed E-state index contributed by atoms with van der Waals surface area (Å²) < 4.78 is 27.6.